The molecule has 1 aliphatic rings. The van der Waals surface area contributed by atoms with E-state index in [0.29, 0.717) is 12.3 Å². The van der Waals surface area contributed by atoms with Gasteiger partial charge in [0.2, 0.25) is 0 Å². The largest absolute Gasteiger partial charge is 0.462 e. The molecule has 0 amide bonds. The van der Waals surface area contributed by atoms with Gasteiger partial charge in [0, 0.05) is 6.54 Å². The Hall–Kier alpha value is -0.570. The summed E-state index contributed by atoms with van der Waals surface area (Å²) in [6, 6.07) is 0. The fourth-order valence-corrected chi connectivity index (χ4v) is 2.10. The van der Waals surface area contributed by atoms with E-state index >= 15 is 0 Å². The third kappa shape index (κ3) is 5.17. The van der Waals surface area contributed by atoms with Gasteiger partial charge in [-0.3, -0.25) is 4.79 Å². The van der Waals surface area contributed by atoms with Gasteiger partial charge in [0.15, 0.2) is 0 Å². The molecule has 3 nitrogen and oxygen atoms in total. The van der Waals surface area contributed by atoms with Crippen molar-refractivity contribution in [1.29, 1.82) is 0 Å². The Bertz CT molecular complexity index is 194. The Balaban J connectivity index is 2.13. The molecule has 1 aliphatic carbocycles. The zero-order valence-corrected chi connectivity index (χ0v) is 9.92. The molecule has 0 aromatic rings. The number of esters is 1. The average molecular weight is 213 g/mol. The molecule has 2 unspecified atom stereocenters. The number of carbonyl (C=O) groups is 1. The van der Waals surface area contributed by atoms with Gasteiger partial charge in [-0.2, -0.15) is 0 Å². The molecule has 1 fully saturated rings. The summed E-state index contributed by atoms with van der Waals surface area (Å²) in [6.45, 7) is 5.91. The minimum Gasteiger partial charge on any atom is -0.462 e. The van der Waals surface area contributed by atoms with E-state index < -0.39 is 0 Å². The van der Waals surface area contributed by atoms with Crippen molar-refractivity contribution in [2.75, 3.05) is 13.1 Å². The number of rotatable bonds is 5. The van der Waals surface area contributed by atoms with Crippen LogP contribution < -0.4 is 5.32 Å². The van der Waals surface area contributed by atoms with Gasteiger partial charge in [-0.1, -0.05) is 20.3 Å². The van der Waals surface area contributed by atoms with Crippen LogP contribution in [0.4, 0.5) is 0 Å². The highest BCUT2D eigenvalue weighted by molar-refractivity contribution is 5.69. The predicted molar refractivity (Wildman–Crippen MR) is 60.7 cm³/mol. The van der Waals surface area contributed by atoms with Crippen LogP contribution in [0.1, 0.15) is 46.0 Å². The predicted octanol–water partition coefficient (Wildman–Crippen LogP) is 2.11. The topological polar surface area (TPSA) is 38.3 Å². The molecule has 0 heterocycles. The van der Waals surface area contributed by atoms with Gasteiger partial charge in [0.1, 0.15) is 6.10 Å². The van der Waals surface area contributed by atoms with Crippen molar-refractivity contribution in [3.05, 3.63) is 0 Å². The molecule has 0 aromatic heterocycles. The lowest BCUT2D eigenvalue weighted by molar-refractivity contribution is -0.151. The van der Waals surface area contributed by atoms with Crippen molar-refractivity contribution in [3.8, 4) is 0 Å². The second-order valence-electron chi connectivity index (χ2n) is 4.49. The first-order valence-corrected chi connectivity index (χ1v) is 6.12. The van der Waals surface area contributed by atoms with Gasteiger partial charge in [-0.25, -0.2) is 0 Å². The normalized spacial score (nSPS) is 26.3. The summed E-state index contributed by atoms with van der Waals surface area (Å²) in [4.78, 5) is 11.4. The first-order valence-electron chi connectivity index (χ1n) is 6.12. The number of nitrogens with one attached hydrogen (secondary N) is 1. The van der Waals surface area contributed by atoms with E-state index in [2.05, 4.69) is 12.2 Å². The van der Waals surface area contributed by atoms with Crippen LogP contribution in [-0.2, 0) is 9.53 Å². The van der Waals surface area contributed by atoms with Crippen molar-refractivity contribution < 1.29 is 9.53 Å². The summed E-state index contributed by atoms with van der Waals surface area (Å²) in [5, 5.41) is 3.12. The van der Waals surface area contributed by atoms with E-state index in [1.165, 1.54) is 12.8 Å². The third-order valence-electron chi connectivity index (χ3n) is 2.94. The lowest BCUT2D eigenvalue weighted by Gasteiger charge is -2.26. The fourth-order valence-electron chi connectivity index (χ4n) is 2.10. The summed E-state index contributed by atoms with van der Waals surface area (Å²) in [6.07, 6.45) is 5.27. The molecule has 0 aromatic carbocycles. The van der Waals surface area contributed by atoms with Crippen LogP contribution in [0.3, 0.4) is 0 Å². The van der Waals surface area contributed by atoms with Crippen LogP contribution in [0.5, 0.6) is 0 Å². The van der Waals surface area contributed by atoms with Crippen LogP contribution >= 0.6 is 0 Å². The molecule has 0 bridgehead atoms. The van der Waals surface area contributed by atoms with Crippen LogP contribution in [0.25, 0.3) is 0 Å². The maximum Gasteiger partial charge on any atom is 0.307 e. The molecular formula is C12H23NO2. The Labute approximate surface area is 92.6 Å². The minimum atomic E-state index is -0.0462. The monoisotopic (exact) mass is 213 g/mol. The minimum absolute atomic E-state index is 0.0462. The van der Waals surface area contributed by atoms with Crippen molar-refractivity contribution in [2.24, 2.45) is 5.92 Å². The Morgan fingerprint density at radius 3 is 2.93 bits per heavy atom. The average Bonchev–Trinajstić information content (AvgIpc) is 2.18. The summed E-state index contributed by atoms with van der Waals surface area (Å²) < 4.78 is 5.43. The number of hydrogen-bond acceptors (Lipinski definition) is 3. The van der Waals surface area contributed by atoms with Crippen molar-refractivity contribution in [1.82, 2.24) is 5.32 Å². The van der Waals surface area contributed by atoms with E-state index in [-0.39, 0.29) is 12.1 Å². The SMILES string of the molecule is CCNCCC(=O)OC1CCCC(C)C1. The highest BCUT2D eigenvalue weighted by atomic mass is 16.5. The van der Waals surface area contributed by atoms with E-state index in [0.717, 1.165) is 25.9 Å². The lowest BCUT2D eigenvalue weighted by atomic mass is 9.89. The van der Waals surface area contributed by atoms with Gasteiger partial charge in [0.25, 0.3) is 0 Å². The summed E-state index contributed by atoms with van der Waals surface area (Å²) >= 11 is 0. The van der Waals surface area contributed by atoms with E-state index in [1.54, 1.807) is 0 Å². The molecule has 0 aliphatic heterocycles. The van der Waals surface area contributed by atoms with E-state index in [1.807, 2.05) is 6.92 Å². The zero-order valence-electron chi connectivity index (χ0n) is 9.92. The smallest absolute Gasteiger partial charge is 0.307 e. The van der Waals surface area contributed by atoms with Crippen LogP contribution in [0.2, 0.25) is 0 Å². The maximum atomic E-state index is 11.4. The molecule has 0 spiro atoms. The van der Waals surface area contributed by atoms with E-state index in [9.17, 15) is 4.79 Å². The van der Waals surface area contributed by atoms with Gasteiger partial charge in [0.05, 0.1) is 6.42 Å². The summed E-state index contributed by atoms with van der Waals surface area (Å²) in [5.41, 5.74) is 0. The summed E-state index contributed by atoms with van der Waals surface area (Å²) in [5.74, 6) is 0.667. The van der Waals surface area contributed by atoms with Crippen molar-refractivity contribution in [2.45, 2.75) is 52.1 Å². The highest BCUT2D eigenvalue weighted by Gasteiger charge is 2.21. The standard InChI is InChI=1S/C12H23NO2/c1-3-13-8-7-12(14)15-11-6-4-5-10(2)9-11/h10-11,13H,3-9H2,1-2H3. The second-order valence-corrected chi connectivity index (χ2v) is 4.49. The molecule has 88 valence electrons. The molecule has 0 saturated heterocycles. The molecule has 1 rings (SSSR count). The molecule has 15 heavy (non-hydrogen) atoms. The maximum absolute atomic E-state index is 11.4. The molecule has 0 radical (unpaired) electrons. The fraction of sp³-hybridized carbons (Fsp3) is 0.917. The van der Waals surface area contributed by atoms with E-state index in [4.69, 9.17) is 4.74 Å². The molecule has 1 N–H and O–H groups in total. The Kier molecular flexibility index (Phi) is 5.69. The first-order chi connectivity index (χ1) is 7.22. The highest BCUT2D eigenvalue weighted by Crippen LogP contribution is 2.25. The summed E-state index contributed by atoms with van der Waals surface area (Å²) in [7, 11) is 0. The first kappa shape index (κ1) is 12.5. The third-order valence-corrected chi connectivity index (χ3v) is 2.94. The molecule has 2 atom stereocenters. The number of hydrogen-bond donors (Lipinski definition) is 1. The van der Waals surface area contributed by atoms with Gasteiger partial charge < -0.3 is 10.1 Å². The molecule has 3 heteroatoms. The lowest BCUT2D eigenvalue weighted by Crippen LogP contribution is -2.26. The van der Waals surface area contributed by atoms with Gasteiger partial charge >= 0.3 is 5.97 Å². The van der Waals surface area contributed by atoms with Gasteiger partial charge in [-0.05, 0) is 31.7 Å². The van der Waals surface area contributed by atoms with Crippen molar-refractivity contribution in [3.63, 3.8) is 0 Å². The molecular weight excluding hydrogens is 190 g/mol. The quantitative estimate of drug-likeness (QED) is 0.561. The second kappa shape index (κ2) is 6.83. The zero-order chi connectivity index (χ0) is 11.1. The molecule has 1 saturated carbocycles. The van der Waals surface area contributed by atoms with Crippen LogP contribution in [-0.4, -0.2) is 25.2 Å². The Morgan fingerprint density at radius 1 is 1.47 bits per heavy atom. The number of ether oxygens (including phenoxy) is 1. The van der Waals surface area contributed by atoms with Gasteiger partial charge in [-0.15, -0.1) is 0 Å². The van der Waals surface area contributed by atoms with Crippen LogP contribution in [0, 0.1) is 5.92 Å². The Morgan fingerprint density at radius 2 is 2.27 bits per heavy atom. The number of carbonyl (C=O) groups excluding carboxylic acids is 1. The van der Waals surface area contributed by atoms with Crippen LogP contribution in [0.15, 0.2) is 0 Å². The van der Waals surface area contributed by atoms with Crippen molar-refractivity contribution >= 4 is 5.97 Å².